The van der Waals surface area contributed by atoms with Gasteiger partial charge in [0.1, 0.15) is 11.6 Å². The number of rotatable bonds is 5. The Morgan fingerprint density at radius 3 is 2.58 bits per heavy atom. The van der Waals surface area contributed by atoms with Crippen LogP contribution in [0.4, 0.5) is 5.82 Å². The van der Waals surface area contributed by atoms with Gasteiger partial charge in [0, 0.05) is 43.5 Å². The SMILES string of the molecule is Cc1cc(N2CC3CC(C2)N3CC(=O)NCc2ccccc2)nc(C)n1. The first kappa shape index (κ1) is 17.0. The van der Waals surface area contributed by atoms with Crippen molar-refractivity contribution < 1.29 is 4.79 Å². The maximum Gasteiger partial charge on any atom is 0.234 e. The number of anilines is 1. The number of amides is 1. The normalized spacial score (nSPS) is 22.0. The van der Waals surface area contributed by atoms with Crippen LogP contribution in [-0.2, 0) is 11.3 Å². The molecule has 6 nitrogen and oxygen atoms in total. The van der Waals surface area contributed by atoms with Gasteiger partial charge in [-0.1, -0.05) is 30.3 Å². The van der Waals surface area contributed by atoms with E-state index in [4.69, 9.17) is 0 Å². The Balaban J connectivity index is 1.31. The van der Waals surface area contributed by atoms with Gasteiger partial charge in [0.2, 0.25) is 5.91 Å². The fourth-order valence-corrected chi connectivity index (χ4v) is 4.01. The molecule has 2 aromatic rings. The van der Waals surface area contributed by atoms with Gasteiger partial charge < -0.3 is 10.2 Å². The predicted octanol–water partition coefficient (Wildman–Crippen LogP) is 1.67. The zero-order chi connectivity index (χ0) is 18.1. The molecule has 1 aromatic carbocycles. The second-order valence-electron chi connectivity index (χ2n) is 7.30. The van der Waals surface area contributed by atoms with Gasteiger partial charge in [-0.15, -0.1) is 0 Å². The lowest BCUT2D eigenvalue weighted by Gasteiger charge is -2.56. The van der Waals surface area contributed by atoms with Gasteiger partial charge in [-0.3, -0.25) is 9.69 Å². The summed E-state index contributed by atoms with van der Waals surface area (Å²) in [6, 6.07) is 13.0. The molecule has 2 atom stereocenters. The number of hydrogen-bond donors (Lipinski definition) is 1. The first-order valence-electron chi connectivity index (χ1n) is 9.22. The van der Waals surface area contributed by atoms with E-state index in [0.29, 0.717) is 25.2 Å². The van der Waals surface area contributed by atoms with Crippen LogP contribution in [0.1, 0.15) is 23.5 Å². The average Bonchev–Trinajstić information content (AvgIpc) is 2.64. The molecular weight excluding hydrogens is 326 g/mol. The third kappa shape index (κ3) is 3.55. The largest absolute Gasteiger partial charge is 0.353 e. The van der Waals surface area contributed by atoms with Crippen molar-refractivity contribution in [3.05, 3.63) is 53.5 Å². The summed E-state index contributed by atoms with van der Waals surface area (Å²) in [6.45, 7) is 6.87. The van der Waals surface area contributed by atoms with E-state index >= 15 is 0 Å². The van der Waals surface area contributed by atoms with Gasteiger partial charge in [-0.05, 0) is 25.8 Å². The molecule has 0 spiro atoms. The van der Waals surface area contributed by atoms with Crippen LogP contribution in [0.25, 0.3) is 0 Å². The zero-order valence-electron chi connectivity index (χ0n) is 15.4. The Labute approximate surface area is 154 Å². The number of carbonyl (C=O) groups excluding carboxylic acids is 1. The molecule has 0 aliphatic carbocycles. The quantitative estimate of drug-likeness (QED) is 0.888. The van der Waals surface area contributed by atoms with Crippen LogP contribution in [0.15, 0.2) is 36.4 Å². The van der Waals surface area contributed by atoms with E-state index in [1.165, 1.54) is 6.42 Å². The summed E-state index contributed by atoms with van der Waals surface area (Å²) in [4.78, 5) is 25.9. The Morgan fingerprint density at radius 1 is 1.15 bits per heavy atom. The summed E-state index contributed by atoms with van der Waals surface area (Å²) in [6.07, 6.45) is 1.17. The Bertz CT molecular complexity index is 762. The lowest BCUT2D eigenvalue weighted by molar-refractivity contribution is -0.127. The number of piperidine rings is 1. The molecule has 3 saturated heterocycles. The summed E-state index contributed by atoms with van der Waals surface area (Å²) in [7, 11) is 0. The minimum Gasteiger partial charge on any atom is -0.353 e. The molecule has 26 heavy (non-hydrogen) atoms. The molecule has 0 saturated carbocycles. The maximum absolute atomic E-state index is 12.3. The van der Waals surface area contributed by atoms with Crippen LogP contribution in [0.2, 0.25) is 0 Å². The van der Waals surface area contributed by atoms with E-state index in [1.54, 1.807) is 0 Å². The number of nitrogens with one attached hydrogen (secondary N) is 1. The van der Waals surface area contributed by atoms with Gasteiger partial charge in [0.05, 0.1) is 6.54 Å². The molecule has 4 heterocycles. The number of benzene rings is 1. The summed E-state index contributed by atoms with van der Waals surface area (Å²) < 4.78 is 0. The van der Waals surface area contributed by atoms with Crippen molar-refractivity contribution >= 4 is 11.7 Å². The Kier molecular flexibility index (Phi) is 4.59. The molecule has 3 aliphatic heterocycles. The topological polar surface area (TPSA) is 61.4 Å². The highest BCUT2D eigenvalue weighted by Crippen LogP contribution is 2.33. The van der Waals surface area contributed by atoms with Crippen molar-refractivity contribution in [1.29, 1.82) is 0 Å². The number of nitrogens with zero attached hydrogens (tertiary/aromatic N) is 4. The maximum atomic E-state index is 12.3. The second kappa shape index (κ2) is 7.03. The average molecular weight is 351 g/mol. The lowest BCUT2D eigenvalue weighted by atomic mass is 9.87. The van der Waals surface area contributed by atoms with Gasteiger partial charge in [-0.2, -0.15) is 0 Å². The predicted molar refractivity (Wildman–Crippen MR) is 101 cm³/mol. The second-order valence-corrected chi connectivity index (χ2v) is 7.30. The van der Waals surface area contributed by atoms with Crippen LogP contribution in [0, 0.1) is 13.8 Å². The number of carbonyl (C=O) groups is 1. The molecule has 2 bridgehead atoms. The minimum atomic E-state index is 0.103. The lowest BCUT2D eigenvalue weighted by Crippen LogP contribution is -2.70. The smallest absolute Gasteiger partial charge is 0.234 e. The molecule has 1 aromatic heterocycles. The molecule has 136 valence electrons. The Hall–Kier alpha value is -2.47. The monoisotopic (exact) mass is 351 g/mol. The fourth-order valence-electron chi connectivity index (χ4n) is 4.01. The van der Waals surface area contributed by atoms with E-state index in [2.05, 4.69) is 31.2 Å². The van der Waals surface area contributed by atoms with Gasteiger partial charge in [0.15, 0.2) is 0 Å². The zero-order valence-corrected chi connectivity index (χ0v) is 15.4. The highest BCUT2D eigenvalue weighted by molar-refractivity contribution is 5.78. The first-order valence-corrected chi connectivity index (χ1v) is 9.22. The third-order valence-corrected chi connectivity index (χ3v) is 5.28. The molecule has 3 aliphatic rings. The van der Waals surface area contributed by atoms with Gasteiger partial charge >= 0.3 is 0 Å². The van der Waals surface area contributed by atoms with E-state index in [9.17, 15) is 4.79 Å². The van der Waals surface area contributed by atoms with E-state index in [0.717, 1.165) is 36.0 Å². The summed E-state index contributed by atoms with van der Waals surface area (Å²) >= 11 is 0. The van der Waals surface area contributed by atoms with E-state index < -0.39 is 0 Å². The van der Waals surface area contributed by atoms with E-state index in [1.807, 2.05) is 44.2 Å². The molecule has 1 amide bonds. The number of piperazine rings is 1. The molecular formula is C20H25N5O. The number of aryl methyl sites for hydroxylation is 2. The number of hydrogen-bond acceptors (Lipinski definition) is 5. The van der Waals surface area contributed by atoms with Crippen LogP contribution in [-0.4, -0.2) is 52.5 Å². The molecule has 3 fully saturated rings. The summed E-state index contributed by atoms with van der Waals surface area (Å²) in [5.41, 5.74) is 2.13. The molecule has 1 N–H and O–H groups in total. The highest BCUT2D eigenvalue weighted by atomic mass is 16.2. The van der Waals surface area contributed by atoms with Crippen molar-refractivity contribution in [1.82, 2.24) is 20.2 Å². The van der Waals surface area contributed by atoms with Crippen molar-refractivity contribution in [3.63, 3.8) is 0 Å². The number of fused-ring (bicyclic) bond motifs is 2. The molecule has 2 unspecified atom stereocenters. The molecule has 6 heteroatoms. The molecule has 5 rings (SSSR count). The third-order valence-electron chi connectivity index (χ3n) is 5.28. The van der Waals surface area contributed by atoms with E-state index in [-0.39, 0.29) is 5.91 Å². The van der Waals surface area contributed by atoms with Crippen molar-refractivity contribution in [2.75, 3.05) is 24.5 Å². The Morgan fingerprint density at radius 2 is 1.88 bits per heavy atom. The highest BCUT2D eigenvalue weighted by Gasteiger charge is 2.45. The minimum absolute atomic E-state index is 0.103. The van der Waals surface area contributed by atoms with Crippen LogP contribution in [0.5, 0.6) is 0 Å². The van der Waals surface area contributed by atoms with Crippen LogP contribution in [0.3, 0.4) is 0 Å². The van der Waals surface area contributed by atoms with Crippen molar-refractivity contribution in [2.24, 2.45) is 0 Å². The van der Waals surface area contributed by atoms with Crippen LogP contribution < -0.4 is 10.2 Å². The summed E-state index contributed by atoms with van der Waals surface area (Å²) in [5, 5.41) is 3.03. The van der Waals surface area contributed by atoms with Gasteiger partial charge in [0.25, 0.3) is 0 Å². The summed E-state index contributed by atoms with van der Waals surface area (Å²) in [5.74, 6) is 1.93. The van der Waals surface area contributed by atoms with Crippen molar-refractivity contribution in [3.8, 4) is 0 Å². The van der Waals surface area contributed by atoms with Gasteiger partial charge in [-0.25, -0.2) is 9.97 Å². The number of aromatic nitrogens is 2. The standard InChI is InChI=1S/C20H25N5O/c1-14-8-19(23-15(2)22-14)24-11-17-9-18(12-24)25(17)13-20(26)21-10-16-6-4-3-5-7-16/h3-8,17-18H,9-13H2,1-2H3,(H,21,26). The molecule has 0 radical (unpaired) electrons. The fraction of sp³-hybridized carbons (Fsp3) is 0.450. The first-order chi connectivity index (χ1) is 12.6. The van der Waals surface area contributed by atoms with Crippen LogP contribution >= 0.6 is 0 Å². The van der Waals surface area contributed by atoms with Crippen molar-refractivity contribution in [2.45, 2.75) is 38.9 Å².